The zero-order valence-electron chi connectivity index (χ0n) is 15.1. The molecule has 0 saturated heterocycles. The molecular weight excluding hydrogens is 398 g/mol. The highest BCUT2D eigenvalue weighted by atomic mass is 35.5. The molecule has 0 atom stereocenters. The van der Waals surface area contributed by atoms with Gasteiger partial charge in [0, 0.05) is 17.8 Å². The van der Waals surface area contributed by atoms with E-state index in [1.807, 2.05) is 22.8 Å². The molecule has 0 aliphatic rings. The fourth-order valence-electron chi connectivity index (χ4n) is 2.47. The van der Waals surface area contributed by atoms with Crippen LogP contribution in [-0.2, 0) is 11.3 Å². The minimum absolute atomic E-state index is 0.146. The monoisotopic (exact) mass is 415 g/mol. The molecule has 7 nitrogen and oxygen atoms in total. The molecule has 0 aliphatic heterocycles. The number of benzene rings is 1. The number of allylic oxidation sites excluding steroid dienone is 1. The van der Waals surface area contributed by atoms with Crippen LogP contribution in [0.3, 0.4) is 0 Å². The summed E-state index contributed by atoms with van der Waals surface area (Å²) in [6, 6.07) is 10.6. The van der Waals surface area contributed by atoms with Gasteiger partial charge in [-0.2, -0.15) is 0 Å². The van der Waals surface area contributed by atoms with Crippen LogP contribution in [0.2, 0.25) is 5.02 Å². The van der Waals surface area contributed by atoms with Gasteiger partial charge in [-0.25, -0.2) is 0 Å². The summed E-state index contributed by atoms with van der Waals surface area (Å²) >= 11 is 7.27. The van der Waals surface area contributed by atoms with E-state index in [0.29, 0.717) is 39.7 Å². The van der Waals surface area contributed by atoms with Gasteiger partial charge < -0.3 is 10.1 Å². The minimum atomic E-state index is -0.210. The summed E-state index contributed by atoms with van der Waals surface area (Å²) in [6.45, 7) is 4.28. The van der Waals surface area contributed by atoms with Crippen LogP contribution in [0.1, 0.15) is 0 Å². The Labute approximate surface area is 171 Å². The van der Waals surface area contributed by atoms with Crippen molar-refractivity contribution in [3.05, 3.63) is 60.3 Å². The number of rotatable bonds is 8. The number of nitrogens with zero attached hydrogens (tertiary/aromatic N) is 4. The second-order valence-corrected chi connectivity index (χ2v) is 6.98. The second-order valence-electron chi connectivity index (χ2n) is 5.60. The third-order valence-corrected chi connectivity index (χ3v) is 4.89. The first-order valence-electron chi connectivity index (χ1n) is 8.34. The molecule has 1 amide bonds. The van der Waals surface area contributed by atoms with Crippen molar-refractivity contribution in [2.24, 2.45) is 0 Å². The lowest BCUT2D eigenvalue weighted by Crippen LogP contribution is -2.15. The van der Waals surface area contributed by atoms with Crippen LogP contribution >= 0.6 is 23.4 Å². The smallest absolute Gasteiger partial charge is 0.234 e. The number of pyridine rings is 1. The van der Waals surface area contributed by atoms with E-state index >= 15 is 0 Å². The first kappa shape index (κ1) is 19.9. The van der Waals surface area contributed by atoms with Gasteiger partial charge in [0.05, 0.1) is 18.6 Å². The number of thioether (sulfide) groups is 1. The van der Waals surface area contributed by atoms with Crippen molar-refractivity contribution in [2.75, 3.05) is 18.2 Å². The molecule has 2 heterocycles. The summed E-state index contributed by atoms with van der Waals surface area (Å²) in [7, 11) is 1.53. The first-order chi connectivity index (χ1) is 13.6. The van der Waals surface area contributed by atoms with Gasteiger partial charge in [-0.3, -0.25) is 14.3 Å². The molecular formula is C19H18ClN5O2S. The summed E-state index contributed by atoms with van der Waals surface area (Å²) in [5.41, 5.74) is 1.22. The zero-order chi connectivity index (χ0) is 19.9. The van der Waals surface area contributed by atoms with Gasteiger partial charge in [0.15, 0.2) is 11.0 Å². The molecule has 0 bridgehead atoms. The van der Waals surface area contributed by atoms with Crippen LogP contribution in [0.5, 0.6) is 5.75 Å². The predicted molar refractivity (Wildman–Crippen MR) is 111 cm³/mol. The van der Waals surface area contributed by atoms with Crippen LogP contribution < -0.4 is 10.1 Å². The number of anilines is 1. The van der Waals surface area contributed by atoms with Crippen LogP contribution in [0.25, 0.3) is 11.5 Å². The summed E-state index contributed by atoms with van der Waals surface area (Å²) in [5, 5.41) is 12.3. The molecule has 0 spiro atoms. The van der Waals surface area contributed by atoms with Crippen LogP contribution in [-0.4, -0.2) is 38.5 Å². The Hall–Kier alpha value is -2.84. The molecule has 2 aromatic heterocycles. The normalized spacial score (nSPS) is 10.5. The number of halogens is 1. The number of aromatic nitrogens is 4. The van der Waals surface area contributed by atoms with Gasteiger partial charge in [0.1, 0.15) is 11.4 Å². The Kier molecular flexibility index (Phi) is 6.67. The quantitative estimate of drug-likeness (QED) is 0.443. The Morgan fingerprint density at radius 1 is 1.36 bits per heavy atom. The van der Waals surface area contributed by atoms with Crippen LogP contribution in [0.15, 0.2) is 60.4 Å². The van der Waals surface area contributed by atoms with E-state index in [1.165, 1.54) is 18.9 Å². The number of ether oxygens (including phenoxy) is 1. The second kappa shape index (κ2) is 9.38. The largest absolute Gasteiger partial charge is 0.495 e. The molecule has 0 fully saturated rings. The van der Waals surface area contributed by atoms with Gasteiger partial charge in [-0.1, -0.05) is 35.5 Å². The molecule has 1 N–H and O–H groups in total. The van der Waals surface area contributed by atoms with Gasteiger partial charge in [0.25, 0.3) is 0 Å². The highest BCUT2D eigenvalue weighted by Gasteiger charge is 2.16. The van der Waals surface area contributed by atoms with Crippen molar-refractivity contribution >= 4 is 35.0 Å². The zero-order valence-corrected chi connectivity index (χ0v) is 16.7. The van der Waals surface area contributed by atoms with E-state index in [-0.39, 0.29) is 11.7 Å². The maximum atomic E-state index is 12.4. The van der Waals surface area contributed by atoms with Gasteiger partial charge >= 0.3 is 0 Å². The van der Waals surface area contributed by atoms with Crippen LogP contribution in [0.4, 0.5) is 5.69 Å². The molecule has 28 heavy (non-hydrogen) atoms. The van der Waals surface area contributed by atoms with Crippen molar-refractivity contribution in [1.29, 1.82) is 0 Å². The first-order valence-corrected chi connectivity index (χ1v) is 9.70. The van der Waals surface area contributed by atoms with Gasteiger partial charge in [-0.05, 0) is 30.3 Å². The molecule has 0 radical (unpaired) electrons. The van der Waals surface area contributed by atoms with Crippen molar-refractivity contribution in [2.45, 2.75) is 11.7 Å². The number of hydrogen-bond donors (Lipinski definition) is 1. The molecule has 0 aliphatic carbocycles. The Balaban J connectivity index is 1.72. The molecule has 3 aromatic rings. The standard InChI is InChI=1S/C19H18ClN5O2S/c1-3-10-25-18(14-6-4-5-9-21-14)23-24-19(25)28-12-17(26)22-15-11-13(20)7-8-16(15)27-2/h3-9,11H,1,10,12H2,2H3,(H,22,26). The summed E-state index contributed by atoms with van der Waals surface area (Å²) < 4.78 is 7.11. The highest BCUT2D eigenvalue weighted by Crippen LogP contribution is 2.28. The van der Waals surface area contributed by atoms with Crippen molar-refractivity contribution in [3.63, 3.8) is 0 Å². The van der Waals surface area contributed by atoms with Crippen molar-refractivity contribution in [3.8, 4) is 17.3 Å². The summed E-state index contributed by atoms with van der Waals surface area (Å²) in [6.07, 6.45) is 3.44. The molecule has 1 aromatic carbocycles. The minimum Gasteiger partial charge on any atom is -0.495 e. The molecule has 0 unspecified atom stereocenters. The maximum Gasteiger partial charge on any atom is 0.234 e. The fraction of sp³-hybridized carbons (Fsp3) is 0.158. The molecule has 0 saturated carbocycles. The van der Waals surface area contributed by atoms with Crippen LogP contribution in [0, 0.1) is 0 Å². The lowest BCUT2D eigenvalue weighted by atomic mass is 10.3. The maximum absolute atomic E-state index is 12.4. The number of carbonyl (C=O) groups is 1. The Morgan fingerprint density at radius 2 is 2.21 bits per heavy atom. The molecule has 3 rings (SSSR count). The summed E-state index contributed by atoms with van der Waals surface area (Å²) in [5.74, 6) is 1.10. The van der Waals surface area contributed by atoms with Gasteiger partial charge in [-0.15, -0.1) is 16.8 Å². The topological polar surface area (TPSA) is 81.9 Å². The Bertz CT molecular complexity index is 978. The van der Waals surface area contributed by atoms with E-state index in [9.17, 15) is 4.79 Å². The average Bonchev–Trinajstić information content (AvgIpc) is 3.10. The SMILES string of the molecule is C=CCn1c(SCC(=O)Nc2cc(Cl)ccc2OC)nnc1-c1ccccn1. The van der Waals surface area contributed by atoms with E-state index in [2.05, 4.69) is 27.1 Å². The lowest BCUT2D eigenvalue weighted by Gasteiger charge is -2.11. The van der Waals surface area contributed by atoms with Crippen molar-refractivity contribution in [1.82, 2.24) is 19.7 Å². The lowest BCUT2D eigenvalue weighted by molar-refractivity contribution is -0.113. The van der Waals surface area contributed by atoms with E-state index in [1.54, 1.807) is 30.5 Å². The number of methoxy groups -OCH3 is 1. The number of carbonyl (C=O) groups excluding carboxylic acids is 1. The van der Waals surface area contributed by atoms with E-state index < -0.39 is 0 Å². The highest BCUT2D eigenvalue weighted by molar-refractivity contribution is 7.99. The van der Waals surface area contributed by atoms with E-state index in [0.717, 1.165) is 0 Å². The number of amides is 1. The Morgan fingerprint density at radius 3 is 2.93 bits per heavy atom. The number of hydrogen-bond acceptors (Lipinski definition) is 6. The predicted octanol–water partition coefficient (Wildman–Crippen LogP) is 3.92. The molecule has 9 heteroatoms. The summed E-state index contributed by atoms with van der Waals surface area (Å²) in [4.78, 5) is 16.7. The third kappa shape index (κ3) is 4.71. The fourth-order valence-corrected chi connectivity index (χ4v) is 3.39. The average molecular weight is 416 g/mol. The van der Waals surface area contributed by atoms with E-state index in [4.69, 9.17) is 16.3 Å². The third-order valence-electron chi connectivity index (χ3n) is 3.69. The van der Waals surface area contributed by atoms with Gasteiger partial charge in [0.2, 0.25) is 5.91 Å². The molecule has 144 valence electrons. The van der Waals surface area contributed by atoms with Crippen molar-refractivity contribution < 1.29 is 9.53 Å². The number of nitrogens with one attached hydrogen (secondary N) is 1.